The van der Waals surface area contributed by atoms with Crippen LogP contribution in [0, 0.1) is 6.92 Å². The van der Waals surface area contributed by atoms with Crippen molar-refractivity contribution in [3.8, 4) is 0 Å². The van der Waals surface area contributed by atoms with Crippen molar-refractivity contribution >= 4 is 17.2 Å². The van der Waals surface area contributed by atoms with Crippen molar-refractivity contribution in [3.05, 3.63) is 52.0 Å². The van der Waals surface area contributed by atoms with Gasteiger partial charge in [0.1, 0.15) is 0 Å². The van der Waals surface area contributed by atoms with Crippen molar-refractivity contribution in [1.82, 2.24) is 10.3 Å². The van der Waals surface area contributed by atoms with E-state index in [0.717, 1.165) is 22.7 Å². The van der Waals surface area contributed by atoms with Crippen LogP contribution in [0.15, 0.2) is 35.7 Å². The van der Waals surface area contributed by atoms with Crippen LogP contribution in [0.25, 0.3) is 0 Å². The van der Waals surface area contributed by atoms with E-state index in [1.807, 2.05) is 42.6 Å². The Morgan fingerprint density at radius 2 is 2.15 bits per heavy atom. The second-order valence-corrected chi connectivity index (χ2v) is 5.66. The summed E-state index contributed by atoms with van der Waals surface area (Å²) in [5.41, 5.74) is 8.01. The molecule has 3 N–H and O–H groups in total. The molecule has 0 aliphatic rings. The lowest BCUT2D eigenvalue weighted by Crippen LogP contribution is -2.42. The molecule has 2 aromatic rings. The first-order valence-electron chi connectivity index (χ1n) is 6.63. The molecule has 20 heavy (non-hydrogen) atoms. The number of carbonyl (C=O) groups is 1. The number of nitrogens with zero attached hydrogens (tertiary/aromatic N) is 1. The van der Waals surface area contributed by atoms with Crippen LogP contribution in [-0.2, 0) is 17.6 Å². The highest BCUT2D eigenvalue weighted by Gasteiger charge is 2.13. The van der Waals surface area contributed by atoms with E-state index in [-0.39, 0.29) is 5.91 Å². The molecule has 0 saturated carbocycles. The zero-order valence-electron chi connectivity index (χ0n) is 11.5. The molecular weight excluding hydrogens is 270 g/mol. The van der Waals surface area contributed by atoms with Gasteiger partial charge >= 0.3 is 0 Å². The van der Waals surface area contributed by atoms with E-state index >= 15 is 0 Å². The average Bonchev–Trinajstić information content (AvgIpc) is 2.85. The molecule has 2 rings (SSSR count). The number of nitrogens with two attached hydrogens (primary N) is 1. The van der Waals surface area contributed by atoms with Gasteiger partial charge < -0.3 is 11.1 Å². The maximum atomic E-state index is 11.9. The summed E-state index contributed by atoms with van der Waals surface area (Å²) in [5.74, 6) is -0.109. The van der Waals surface area contributed by atoms with E-state index in [1.165, 1.54) is 0 Å². The molecule has 1 aromatic carbocycles. The SMILES string of the molecule is Cc1csc(CCNC(=O)[C@@H](N)Cc2ccccc2)n1. The van der Waals surface area contributed by atoms with Crippen molar-refractivity contribution in [2.45, 2.75) is 25.8 Å². The molecule has 0 bridgehead atoms. The van der Waals surface area contributed by atoms with Gasteiger partial charge in [0.15, 0.2) is 0 Å². The summed E-state index contributed by atoms with van der Waals surface area (Å²) >= 11 is 1.62. The third-order valence-corrected chi connectivity index (χ3v) is 3.97. The molecule has 4 nitrogen and oxygen atoms in total. The van der Waals surface area contributed by atoms with Gasteiger partial charge in [0.25, 0.3) is 0 Å². The average molecular weight is 289 g/mol. The van der Waals surface area contributed by atoms with Gasteiger partial charge in [0, 0.05) is 24.0 Å². The smallest absolute Gasteiger partial charge is 0.237 e. The summed E-state index contributed by atoms with van der Waals surface area (Å²) in [6, 6.07) is 9.30. The van der Waals surface area contributed by atoms with Crippen LogP contribution in [0.4, 0.5) is 0 Å². The molecule has 0 unspecified atom stereocenters. The predicted molar refractivity (Wildman–Crippen MR) is 81.7 cm³/mol. The Morgan fingerprint density at radius 1 is 1.40 bits per heavy atom. The van der Waals surface area contributed by atoms with Gasteiger partial charge in [0.2, 0.25) is 5.91 Å². The number of rotatable bonds is 6. The number of aromatic nitrogens is 1. The molecule has 0 aliphatic carbocycles. The lowest BCUT2D eigenvalue weighted by atomic mass is 10.1. The molecule has 0 spiro atoms. The maximum absolute atomic E-state index is 11.9. The van der Waals surface area contributed by atoms with Gasteiger partial charge in [0.05, 0.1) is 11.0 Å². The van der Waals surface area contributed by atoms with Crippen molar-refractivity contribution in [2.75, 3.05) is 6.54 Å². The van der Waals surface area contributed by atoms with Crippen LogP contribution in [0.5, 0.6) is 0 Å². The molecule has 5 heteroatoms. The lowest BCUT2D eigenvalue weighted by molar-refractivity contribution is -0.122. The van der Waals surface area contributed by atoms with Crippen molar-refractivity contribution < 1.29 is 4.79 Å². The van der Waals surface area contributed by atoms with E-state index in [0.29, 0.717) is 13.0 Å². The van der Waals surface area contributed by atoms with Gasteiger partial charge in [-0.3, -0.25) is 4.79 Å². The topological polar surface area (TPSA) is 68.0 Å². The number of benzene rings is 1. The van der Waals surface area contributed by atoms with Crippen LogP contribution in [0.1, 0.15) is 16.3 Å². The van der Waals surface area contributed by atoms with E-state index in [9.17, 15) is 4.79 Å². The molecule has 1 aromatic heterocycles. The Labute approximate surface area is 123 Å². The summed E-state index contributed by atoms with van der Waals surface area (Å²) in [4.78, 5) is 16.2. The molecule has 0 aliphatic heterocycles. The first-order chi connectivity index (χ1) is 9.65. The number of nitrogens with one attached hydrogen (secondary N) is 1. The van der Waals surface area contributed by atoms with Crippen molar-refractivity contribution in [1.29, 1.82) is 0 Å². The number of hydrogen-bond acceptors (Lipinski definition) is 4. The summed E-state index contributed by atoms with van der Waals surface area (Å²) < 4.78 is 0. The summed E-state index contributed by atoms with van der Waals surface area (Å²) in [7, 11) is 0. The highest BCUT2D eigenvalue weighted by Crippen LogP contribution is 2.08. The molecule has 0 radical (unpaired) electrons. The van der Waals surface area contributed by atoms with Crippen molar-refractivity contribution in [2.24, 2.45) is 5.73 Å². The van der Waals surface area contributed by atoms with E-state index in [2.05, 4.69) is 10.3 Å². The van der Waals surface area contributed by atoms with Crippen LogP contribution in [-0.4, -0.2) is 23.5 Å². The van der Waals surface area contributed by atoms with E-state index in [4.69, 9.17) is 5.73 Å². The first kappa shape index (κ1) is 14.7. The largest absolute Gasteiger partial charge is 0.354 e. The lowest BCUT2D eigenvalue weighted by Gasteiger charge is -2.11. The fourth-order valence-electron chi connectivity index (χ4n) is 1.90. The fraction of sp³-hybridized carbons (Fsp3) is 0.333. The molecule has 1 amide bonds. The molecular formula is C15H19N3OS. The summed E-state index contributed by atoms with van der Waals surface area (Å²) in [5, 5.41) is 5.92. The molecule has 106 valence electrons. The van der Waals surface area contributed by atoms with Gasteiger partial charge in [-0.15, -0.1) is 11.3 Å². The minimum absolute atomic E-state index is 0.109. The number of hydrogen-bond donors (Lipinski definition) is 2. The number of carbonyl (C=O) groups excluding carboxylic acids is 1. The van der Waals surface area contributed by atoms with Gasteiger partial charge in [-0.05, 0) is 18.9 Å². The fourth-order valence-corrected chi connectivity index (χ4v) is 2.68. The summed E-state index contributed by atoms with van der Waals surface area (Å²) in [6.45, 7) is 2.54. The second kappa shape index (κ2) is 7.17. The Kier molecular flexibility index (Phi) is 5.26. The zero-order chi connectivity index (χ0) is 14.4. The normalized spacial score (nSPS) is 12.1. The second-order valence-electron chi connectivity index (χ2n) is 4.72. The predicted octanol–water partition coefficient (Wildman–Crippen LogP) is 1.68. The van der Waals surface area contributed by atoms with Crippen LogP contribution >= 0.6 is 11.3 Å². The third kappa shape index (κ3) is 4.43. The van der Waals surface area contributed by atoms with Crippen LogP contribution in [0.3, 0.4) is 0 Å². The van der Waals surface area contributed by atoms with E-state index in [1.54, 1.807) is 11.3 Å². The zero-order valence-corrected chi connectivity index (χ0v) is 12.3. The van der Waals surface area contributed by atoms with Gasteiger partial charge in [-0.1, -0.05) is 30.3 Å². The minimum Gasteiger partial charge on any atom is -0.354 e. The maximum Gasteiger partial charge on any atom is 0.237 e. The highest BCUT2D eigenvalue weighted by atomic mass is 32.1. The summed E-state index contributed by atoms with van der Waals surface area (Å²) in [6.07, 6.45) is 1.31. The Hall–Kier alpha value is -1.72. The Morgan fingerprint density at radius 3 is 2.80 bits per heavy atom. The Balaban J connectivity index is 1.74. The number of aryl methyl sites for hydroxylation is 1. The number of amides is 1. The molecule has 1 atom stereocenters. The number of thiazole rings is 1. The Bertz CT molecular complexity index is 553. The molecule has 0 fully saturated rings. The quantitative estimate of drug-likeness (QED) is 0.850. The third-order valence-electron chi connectivity index (χ3n) is 2.94. The molecule has 0 saturated heterocycles. The van der Waals surface area contributed by atoms with Gasteiger partial charge in [-0.2, -0.15) is 0 Å². The minimum atomic E-state index is -0.504. The van der Waals surface area contributed by atoms with E-state index < -0.39 is 6.04 Å². The molecule has 1 heterocycles. The monoisotopic (exact) mass is 289 g/mol. The van der Waals surface area contributed by atoms with Crippen LogP contribution in [0.2, 0.25) is 0 Å². The first-order valence-corrected chi connectivity index (χ1v) is 7.51. The highest BCUT2D eigenvalue weighted by molar-refractivity contribution is 7.09. The standard InChI is InChI=1S/C15H19N3OS/c1-11-10-20-14(18-11)7-8-17-15(19)13(16)9-12-5-3-2-4-6-12/h2-6,10,13H,7-9,16H2,1H3,(H,17,19)/t13-/m0/s1. The van der Waals surface area contributed by atoms with Crippen molar-refractivity contribution in [3.63, 3.8) is 0 Å². The van der Waals surface area contributed by atoms with Crippen LogP contribution < -0.4 is 11.1 Å². The van der Waals surface area contributed by atoms with Gasteiger partial charge in [-0.25, -0.2) is 4.98 Å².